The van der Waals surface area contributed by atoms with E-state index in [2.05, 4.69) is 10.3 Å². The average Bonchev–Trinajstić information content (AvgIpc) is 2.64. The quantitative estimate of drug-likeness (QED) is 0.664. The summed E-state index contributed by atoms with van der Waals surface area (Å²) >= 11 is 5.99. The number of nitrogen functional groups attached to an aromatic ring is 1. The molecule has 2 rings (SSSR count). The fourth-order valence-electron chi connectivity index (χ4n) is 1.22. The Labute approximate surface area is 86.9 Å². The second-order valence-corrected chi connectivity index (χ2v) is 3.34. The van der Waals surface area contributed by atoms with Crippen molar-refractivity contribution in [3.63, 3.8) is 0 Å². The SMILES string of the molecule is Nc1cccc(Cl)c1Nc1cc[nH]c1. The fraction of sp³-hybridized carbons (Fsp3) is 0. The second kappa shape index (κ2) is 3.64. The Morgan fingerprint density at radius 2 is 2.14 bits per heavy atom. The van der Waals surface area contributed by atoms with Crippen molar-refractivity contribution in [2.24, 2.45) is 0 Å². The molecule has 0 saturated carbocycles. The minimum atomic E-state index is 0.617. The summed E-state index contributed by atoms with van der Waals surface area (Å²) in [6.45, 7) is 0. The van der Waals surface area contributed by atoms with Gasteiger partial charge in [0, 0.05) is 12.4 Å². The third kappa shape index (κ3) is 1.67. The number of nitrogens with two attached hydrogens (primary N) is 1. The maximum atomic E-state index is 5.99. The van der Waals surface area contributed by atoms with Gasteiger partial charge in [-0.2, -0.15) is 0 Å². The van der Waals surface area contributed by atoms with Crippen molar-refractivity contribution in [3.8, 4) is 0 Å². The Morgan fingerprint density at radius 3 is 2.79 bits per heavy atom. The summed E-state index contributed by atoms with van der Waals surface area (Å²) in [6, 6.07) is 7.33. The van der Waals surface area contributed by atoms with E-state index in [4.69, 9.17) is 17.3 Å². The van der Waals surface area contributed by atoms with E-state index < -0.39 is 0 Å². The lowest BCUT2D eigenvalue weighted by Gasteiger charge is -2.08. The minimum absolute atomic E-state index is 0.617. The summed E-state index contributed by atoms with van der Waals surface area (Å²) in [6.07, 6.45) is 3.66. The van der Waals surface area contributed by atoms with Crippen LogP contribution in [0.2, 0.25) is 5.02 Å². The van der Waals surface area contributed by atoms with Crippen LogP contribution >= 0.6 is 11.6 Å². The van der Waals surface area contributed by atoms with Crippen molar-refractivity contribution in [2.45, 2.75) is 0 Å². The molecule has 2 aromatic rings. The van der Waals surface area contributed by atoms with Gasteiger partial charge in [-0.25, -0.2) is 0 Å². The molecule has 0 saturated heterocycles. The highest BCUT2D eigenvalue weighted by Crippen LogP contribution is 2.30. The maximum absolute atomic E-state index is 5.99. The molecule has 1 aromatic heterocycles. The molecule has 4 heteroatoms. The molecule has 3 nitrogen and oxygen atoms in total. The number of H-pyrrole nitrogens is 1. The summed E-state index contributed by atoms with van der Waals surface area (Å²) in [4.78, 5) is 2.94. The molecule has 0 aliphatic rings. The van der Waals surface area contributed by atoms with Gasteiger partial charge >= 0.3 is 0 Å². The molecule has 1 aromatic carbocycles. The third-order valence-electron chi connectivity index (χ3n) is 1.91. The van der Waals surface area contributed by atoms with Crippen molar-refractivity contribution in [3.05, 3.63) is 41.7 Å². The summed E-state index contributed by atoms with van der Waals surface area (Å²) in [7, 11) is 0. The van der Waals surface area contributed by atoms with E-state index in [0.29, 0.717) is 10.7 Å². The third-order valence-corrected chi connectivity index (χ3v) is 2.23. The zero-order valence-electron chi connectivity index (χ0n) is 7.42. The number of hydrogen-bond acceptors (Lipinski definition) is 2. The first-order valence-corrected chi connectivity index (χ1v) is 4.59. The highest BCUT2D eigenvalue weighted by Gasteiger charge is 2.03. The molecule has 4 N–H and O–H groups in total. The van der Waals surface area contributed by atoms with E-state index in [1.807, 2.05) is 24.5 Å². The van der Waals surface area contributed by atoms with Gasteiger partial charge in [0.1, 0.15) is 0 Å². The van der Waals surface area contributed by atoms with E-state index in [1.165, 1.54) is 0 Å². The van der Waals surface area contributed by atoms with Gasteiger partial charge in [-0.15, -0.1) is 0 Å². The Morgan fingerprint density at radius 1 is 1.29 bits per heavy atom. The van der Waals surface area contributed by atoms with Gasteiger partial charge in [-0.05, 0) is 18.2 Å². The number of nitrogens with one attached hydrogen (secondary N) is 2. The van der Waals surface area contributed by atoms with Crippen LogP contribution in [-0.4, -0.2) is 4.98 Å². The molecule has 0 unspecified atom stereocenters. The van der Waals surface area contributed by atoms with Crippen LogP contribution < -0.4 is 11.1 Å². The Hall–Kier alpha value is -1.61. The van der Waals surface area contributed by atoms with Crippen LogP contribution in [0.15, 0.2) is 36.7 Å². The molecule has 0 aliphatic heterocycles. The Kier molecular flexibility index (Phi) is 2.33. The van der Waals surface area contributed by atoms with Crippen molar-refractivity contribution < 1.29 is 0 Å². The molecule has 0 radical (unpaired) electrons. The highest BCUT2D eigenvalue weighted by atomic mass is 35.5. The summed E-state index contributed by atoms with van der Waals surface area (Å²) in [5.41, 5.74) is 8.10. The van der Waals surface area contributed by atoms with Crippen LogP contribution in [-0.2, 0) is 0 Å². The first-order valence-electron chi connectivity index (χ1n) is 4.21. The lowest BCUT2D eigenvalue weighted by molar-refractivity contribution is 1.41. The van der Waals surface area contributed by atoms with Crippen molar-refractivity contribution in [2.75, 3.05) is 11.1 Å². The molecule has 0 bridgehead atoms. The largest absolute Gasteiger partial charge is 0.397 e. The van der Waals surface area contributed by atoms with Crippen molar-refractivity contribution in [1.82, 2.24) is 4.98 Å². The molecule has 0 amide bonds. The highest BCUT2D eigenvalue weighted by molar-refractivity contribution is 6.34. The molecular weight excluding hydrogens is 198 g/mol. The summed E-state index contributed by atoms with van der Waals surface area (Å²) in [5.74, 6) is 0. The van der Waals surface area contributed by atoms with Crippen LogP contribution in [0.5, 0.6) is 0 Å². The zero-order valence-corrected chi connectivity index (χ0v) is 8.18. The monoisotopic (exact) mass is 207 g/mol. The van der Waals surface area contributed by atoms with Crippen LogP contribution in [0.3, 0.4) is 0 Å². The lowest BCUT2D eigenvalue weighted by atomic mass is 10.2. The average molecular weight is 208 g/mol. The fourth-order valence-corrected chi connectivity index (χ4v) is 1.45. The van der Waals surface area contributed by atoms with E-state index in [-0.39, 0.29) is 0 Å². The van der Waals surface area contributed by atoms with Gasteiger partial charge < -0.3 is 16.0 Å². The van der Waals surface area contributed by atoms with Crippen LogP contribution in [0.25, 0.3) is 0 Å². The minimum Gasteiger partial charge on any atom is -0.397 e. The van der Waals surface area contributed by atoms with Gasteiger partial charge in [0.05, 0.1) is 22.1 Å². The number of halogens is 1. The van der Waals surface area contributed by atoms with Gasteiger partial charge in [-0.3, -0.25) is 0 Å². The summed E-state index contributed by atoms with van der Waals surface area (Å²) < 4.78 is 0. The van der Waals surface area contributed by atoms with Crippen LogP contribution in [0.4, 0.5) is 17.1 Å². The standard InChI is InChI=1S/C10H10ClN3/c11-8-2-1-3-9(12)10(8)14-7-4-5-13-6-7/h1-6,13-14H,12H2. The molecule has 14 heavy (non-hydrogen) atoms. The van der Waals surface area contributed by atoms with Crippen molar-refractivity contribution in [1.29, 1.82) is 0 Å². The predicted octanol–water partition coefficient (Wildman–Crippen LogP) is 2.99. The number of anilines is 3. The molecular formula is C10H10ClN3. The van der Waals surface area contributed by atoms with Crippen LogP contribution in [0.1, 0.15) is 0 Å². The van der Waals surface area contributed by atoms with E-state index in [0.717, 1.165) is 11.4 Å². The normalized spacial score (nSPS) is 10.1. The molecule has 72 valence electrons. The van der Waals surface area contributed by atoms with Gasteiger partial charge in [0.25, 0.3) is 0 Å². The Balaban J connectivity index is 2.33. The molecule has 0 atom stereocenters. The number of aromatic amines is 1. The van der Waals surface area contributed by atoms with Gasteiger partial charge in [-0.1, -0.05) is 17.7 Å². The Bertz CT molecular complexity index is 403. The smallest absolute Gasteiger partial charge is 0.0807 e. The second-order valence-electron chi connectivity index (χ2n) is 2.93. The predicted molar refractivity (Wildman–Crippen MR) is 59.9 cm³/mol. The van der Waals surface area contributed by atoms with E-state index in [9.17, 15) is 0 Å². The maximum Gasteiger partial charge on any atom is 0.0807 e. The number of para-hydroxylation sites is 1. The van der Waals surface area contributed by atoms with E-state index in [1.54, 1.807) is 12.1 Å². The topological polar surface area (TPSA) is 53.8 Å². The lowest BCUT2D eigenvalue weighted by Crippen LogP contribution is -1.95. The van der Waals surface area contributed by atoms with Crippen LogP contribution in [0, 0.1) is 0 Å². The molecule has 1 heterocycles. The van der Waals surface area contributed by atoms with Gasteiger partial charge in [0.2, 0.25) is 0 Å². The number of benzene rings is 1. The molecule has 0 fully saturated rings. The molecule has 0 aliphatic carbocycles. The number of hydrogen-bond donors (Lipinski definition) is 3. The number of rotatable bonds is 2. The van der Waals surface area contributed by atoms with E-state index >= 15 is 0 Å². The van der Waals surface area contributed by atoms with Crippen molar-refractivity contribution >= 4 is 28.7 Å². The van der Waals surface area contributed by atoms with Gasteiger partial charge in [0.15, 0.2) is 0 Å². The molecule has 0 spiro atoms. The first kappa shape index (κ1) is 8.97. The number of aromatic nitrogens is 1. The zero-order chi connectivity index (χ0) is 9.97. The first-order chi connectivity index (χ1) is 6.77. The summed E-state index contributed by atoms with van der Waals surface area (Å²) in [5, 5.41) is 3.75.